The van der Waals surface area contributed by atoms with Gasteiger partial charge in [-0.1, -0.05) is 6.07 Å². The minimum Gasteiger partial charge on any atom is -0.490 e. The third kappa shape index (κ3) is 4.44. The van der Waals surface area contributed by atoms with Gasteiger partial charge >= 0.3 is 5.97 Å². The second-order valence-electron chi connectivity index (χ2n) is 9.97. The van der Waals surface area contributed by atoms with Gasteiger partial charge in [0.15, 0.2) is 11.6 Å². The zero-order valence-electron chi connectivity index (χ0n) is 22.2. The van der Waals surface area contributed by atoms with Crippen LogP contribution in [0.3, 0.4) is 0 Å². The highest BCUT2D eigenvalue weighted by Crippen LogP contribution is 2.43. The predicted molar refractivity (Wildman–Crippen MR) is 141 cm³/mol. The molecule has 0 spiro atoms. The van der Waals surface area contributed by atoms with Crippen LogP contribution in [0.4, 0.5) is 14.5 Å². The van der Waals surface area contributed by atoms with Gasteiger partial charge in [-0.25, -0.2) is 8.78 Å². The van der Waals surface area contributed by atoms with E-state index in [1.807, 2.05) is 20.8 Å². The van der Waals surface area contributed by atoms with Crippen molar-refractivity contribution < 1.29 is 27.8 Å². The van der Waals surface area contributed by atoms with Crippen LogP contribution in [0, 0.1) is 32.4 Å². The van der Waals surface area contributed by atoms with E-state index in [9.17, 15) is 14.0 Å². The molecule has 2 aliphatic rings. The normalized spacial score (nSPS) is 14.6. The maximum Gasteiger partial charge on any atom is 0.310 e. The third-order valence-electron chi connectivity index (χ3n) is 7.80. The summed E-state index contributed by atoms with van der Waals surface area (Å²) in [5, 5.41) is 0. The van der Waals surface area contributed by atoms with Crippen molar-refractivity contribution in [2.45, 2.75) is 59.9 Å². The second kappa shape index (κ2) is 10.2. The first kappa shape index (κ1) is 25.9. The highest BCUT2D eigenvalue weighted by molar-refractivity contribution is 5.98. The van der Waals surface area contributed by atoms with E-state index in [1.165, 1.54) is 18.2 Å². The molecule has 0 radical (unpaired) electrons. The predicted octanol–water partition coefficient (Wildman–Crippen LogP) is 6.08. The van der Waals surface area contributed by atoms with Gasteiger partial charge < -0.3 is 14.4 Å². The molecular formula is C31H31F2NO4. The number of carbonyl (C=O) groups is 2. The maximum absolute atomic E-state index is 15.4. The minimum absolute atomic E-state index is 0.0135. The van der Waals surface area contributed by atoms with Gasteiger partial charge in [-0.15, -0.1) is 0 Å². The number of anilines is 1. The van der Waals surface area contributed by atoms with Crippen molar-refractivity contribution >= 4 is 17.6 Å². The van der Waals surface area contributed by atoms with Gasteiger partial charge in [0.25, 0.3) is 0 Å². The fourth-order valence-electron chi connectivity index (χ4n) is 5.88. The zero-order valence-corrected chi connectivity index (χ0v) is 22.2. The number of nitrogens with zero attached hydrogens (tertiary/aromatic N) is 1. The lowest BCUT2D eigenvalue weighted by atomic mass is 9.79. The average molecular weight is 520 g/mol. The Morgan fingerprint density at radius 3 is 2.58 bits per heavy atom. The Morgan fingerprint density at radius 1 is 1.05 bits per heavy atom. The molecule has 0 saturated heterocycles. The van der Waals surface area contributed by atoms with Gasteiger partial charge in [0.1, 0.15) is 5.82 Å². The molecule has 0 fully saturated rings. The number of amides is 1. The van der Waals surface area contributed by atoms with Crippen molar-refractivity contribution in [2.24, 2.45) is 0 Å². The number of carbonyl (C=O) groups excluding carboxylic acids is 2. The van der Waals surface area contributed by atoms with Gasteiger partial charge in [0, 0.05) is 11.3 Å². The Morgan fingerprint density at radius 2 is 1.84 bits per heavy atom. The van der Waals surface area contributed by atoms with Crippen LogP contribution in [-0.4, -0.2) is 25.1 Å². The van der Waals surface area contributed by atoms with Crippen LogP contribution in [0.5, 0.6) is 5.75 Å². The maximum atomic E-state index is 15.4. The molecule has 0 aromatic heterocycles. The molecule has 38 heavy (non-hydrogen) atoms. The molecule has 198 valence electrons. The van der Waals surface area contributed by atoms with Gasteiger partial charge in [-0.3, -0.25) is 9.59 Å². The molecule has 2 aliphatic heterocycles. The number of benzene rings is 3. The summed E-state index contributed by atoms with van der Waals surface area (Å²) >= 11 is 0. The minimum atomic E-state index is -0.422. The molecule has 5 nitrogen and oxygen atoms in total. The summed E-state index contributed by atoms with van der Waals surface area (Å²) in [6, 6.07) is 7.50. The summed E-state index contributed by atoms with van der Waals surface area (Å²) in [4.78, 5) is 27.5. The van der Waals surface area contributed by atoms with E-state index in [0.717, 1.165) is 50.9 Å². The SMILES string of the molecule is CCOC(=O)Cc1c(C)c2c(c(C)c1-c1cc(F)c3c(c1C)CCCO3)CN(c1cccc(F)c1)C(=O)C2. The number of rotatable bonds is 5. The summed E-state index contributed by atoms with van der Waals surface area (Å²) < 4.78 is 40.3. The monoisotopic (exact) mass is 519 g/mol. The van der Waals surface area contributed by atoms with E-state index in [4.69, 9.17) is 9.47 Å². The first-order valence-corrected chi connectivity index (χ1v) is 13.0. The van der Waals surface area contributed by atoms with E-state index in [1.54, 1.807) is 24.0 Å². The summed E-state index contributed by atoms with van der Waals surface area (Å²) in [5.41, 5.74) is 7.99. The van der Waals surface area contributed by atoms with E-state index in [0.29, 0.717) is 30.0 Å². The van der Waals surface area contributed by atoms with Gasteiger partial charge in [0.2, 0.25) is 5.91 Å². The molecule has 0 aliphatic carbocycles. The number of hydrogen-bond donors (Lipinski definition) is 0. The average Bonchev–Trinajstić information content (AvgIpc) is 2.89. The zero-order chi connectivity index (χ0) is 27.1. The highest BCUT2D eigenvalue weighted by atomic mass is 19.1. The standard InChI is InChI=1S/C31H31F2NO4/c1-5-37-29(36)15-25-18(3)23-14-28(35)34(21-9-6-8-20(32)12-21)16-26(23)19(4)30(25)24-13-27(33)31-22(17(24)2)10-7-11-38-31/h6,8-9,12-13H,5,7,10-11,14-16H2,1-4H3. The Balaban J connectivity index is 1.73. The van der Waals surface area contributed by atoms with E-state index >= 15 is 4.39 Å². The van der Waals surface area contributed by atoms with Crippen molar-refractivity contribution in [1.82, 2.24) is 0 Å². The van der Waals surface area contributed by atoms with Crippen molar-refractivity contribution in [2.75, 3.05) is 18.1 Å². The fourth-order valence-corrected chi connectivity index (χ4v) is 5.88. The molecule has 0 bridgehead atoms. The molecule has 7 heteroatoms. The van der Waals surface area contributed by atoms with Crippen LogP contribution in [0.25, 0.3) is 11.1 Å². The molecular weight excluding hydrogens is 488 g/mol. The first-order valence-electron chi connectivity index (χ1n) is 13.0. The Labute approximate surface area is 221 Å². The largest absolute Gasteiger partial charge is 0.490 e. The molecule has 5 rings (SSSR count). The Kier molecular flexibility index (Phi) is 6.95. The number of esters is 1. The number of ether oxygens (including phenoxy) is 2. The van der Waals surface area contributed by atoms with Crippen LogP contribution in [0.15, 0.2) is 30.3 Å². The Bertz CT molecular complexity index is 1460. The molecule has 1 amide bonds. The van der Waals surface area contributed by atoms with Crippen LogP contribution >= 0.6 is 0 Å². The van der Waals surface area contributed by atoms with Crippen molar-refractivity contribution in [3.63, 3.8) is 0 Å². The van der Waals surface area contributed by atoms with Crippen LogP contribution < -0.4 is 9.64 Å². The van der Waals surface area contributed by atoms with Crippen molar-refractivity contribution in [3.05, 3.63) is 80.9 Å². The van der Waals surface area contributed by atoms with Crippen LogP contribution in [0.1, 0.15) is 52.3 Å². The highest BCUT2D eigenvalue weighted by Gasteiger charge is 2.32. The van der Waals surface area contributed by atoms with E-state index < -0.39 is 11.6 Å². The van der Waals surface area contributed by atoms with E-state index in [-0.39, 0.29) is 37.9 Å². The third-order valence-corrected chi connectivity index (χ3v) is 7.80. The molecule has 0 N–H and O–H groups in total. The summed E-state index contributed by atoms with van der Waals surface area (Å²) in [6.45, 7) is 8.58. The van der Waals surface area contributed by atoms with Gasteiger partial charge in [-0.05, 0) is 109 Å². The Hall–Kier alpha value is -3.74. The second-order valence-corrected chi connectivity index (χ2v) is 9.97. The first-order chi connectivity index (χ1) is 18.2. The summed E-state index contributed by atoms with van der Waals surface area (Å²) in [6.07, 6.45) is 1.66. The molecule has 0 saturated carbocycles. The fraction of sp³-hybridized carbons (Fsp3) is 0.355. The number of halogens is 2. The number of hydrogen-bond acceptors (Lipinski definition) is 4. The quantitative estimate of drug-likeness (QED) is 0.384. The van der Waals surface area contributed by atoms with E-state index in [2.05, 4.69) is 0 Å². The lowest BCUT2D eigenvalue weighted by molar-refractivity contribution is -0.142. The molecule has 2 heterocycles. The lowest BCUT2D eigenvalue weighted by Gasteiger charge is -2.34. The number of fused-ring (bicyclic) bond motifs is 2. The molecule has 0 unspecified atom stereocenters. The van der Waals surface area contributed by atoms with Crippen LogP contribution in [0.2, 0.25) is 0 Å². The lowest BCUT2D eigenvalue weighted by Crippen LogP contribution is -2.37. The molecule has 3 aromatic rings. The molecule has 3 aromatic carbocycles. The topological polar surface area (TPSA) is 55.8 Å². The summed E-state index contributed by atoms with van der Waals surface area (Å²) in [5.74, 6) is -1.05. The smallest absolute Gasteiger partial charge is 0.310 e. The van der Waals surface area contributed by atoms with Gasteiger partial charge in [-0.2, -0.15) is 0 Å². The summed E-state index contributed by atoms with van der Waals surface area (Å²) in [7, 11) is 0. The van der Waals surface area contributed by atoms with Gasteiger partial charge in [0.05, 0.1) is 32.6 Å². The van der Waals surface area contributed by atoms with Crippen molar-refractivity contribution in [1.29, 1.82) is 0 Å². The van der Waals surface area contributed by atoms with Crippen LogP contribution in [-0.2, 0) is 40.1 Å². The molecule has 0 atom stereocenters. The van der Waals surface area contributed by atoms with Crippen molar-refractivity contribution in [3.8, 4) is 16.9 Å².